The molecule has 1 saturated heterocycles. The molecule has 4 aliphatic carbocycles. The summed E-state index contributed by atoms with van der Waals surface area (Å²) >= 11 is 0. The average molecular weight is 485 g/mol. The Balaban J connectivity index is 1.17. The van der Waals surface area contributed by atoms with E-state index in [4.69, 9.17) is 18.8 Å². The van der Waals surface area contributed by atoms with Crippen LogP contribution in [-0.2, 0) is 38.7 Å². The molecule has 8 atom stereocenters. The van der Waals surface area contributed by atoms with Crippen LogP contribution in [0.3, 0.4) is 0 Å². The molecule has 5 aliphatic rings. The minimum atomic E-state index is -4.26. The molecule has 5 rings (SSSR count). The highest BCUT2D eigenvalue weighted by atomic mass is 32.2. The third-order valence-electron chi connectivity index (χ3n) is 8.65. The normalized spacial score (nSPS) is 41.0. The quantitative estimate of drug-likeness (QED) is 0.312. The fraction of sp³-hybridized carbons (Fsp3) is 0.870. The lowest BCUT2D eigenvalue weighted by molar-refractivity contribution is -0.166. The van der Waals surface area contributed by atoms with E-state index in [1.54, 1.807) is 0 Å². The number of esters is 3. The smallest absolute Gasteiger partial charge is 0.310 e. The topological polar surface area (TPSA) is 133 Å². The number of fused-ring (bicyclic) bond motifs is 3. The molecule has 0 aromatic rings. The van der Waals surface area contributed by atoms with Crippen molar-refractivity contribution in [1.82, 2.24) is 0 Å². The van der Waals surface area contributed by atoms with E-state index in [1.165, 1.54) is 38.5 Å². The van der Waals surface area contributed by atoms with Crippen LogP contribution in [0.25, 0.3) is 0 Å². The lowest BCUT2D eigenvalue weighted by Crippen LogP contribution is -2.44. The molecule has 33 heavy (non-hydrogen) atoms. The Hall–Kier alpha value is -1.68. The molecule has 1 heterocycles. The molecule has 9 nitrogen and oxygen atoms in total. The Morgan fingerprint density at radius 2 is 1.79 bits per heavy atom. The first-order valence-electron chi connectivity index (χ1n) is 12.2. The molecular weight excluding hydrogens is 452 g/mol. The van der Waals surface area contributed by atoms with Gasteiger partial charge in [-0.2, -0.15) is 8.42 Å². The summed E-state index contributed by atoms with van der Waals surface area (Å²) in [6.45, 7) is -0.495. The van der Waals surface area contributed by atoms with E-state index < -0.39 is 58.5 Å². The Morgan fingerprint density at radius 3 is 2.48 bits per heavy atom. The van der Waals surface area contributed by atoms with E-state index in [-0.39, 0.29) is 17.8 Å². The zero-order chi connectivity index (χ0) is 23.3. The Kier molecular flexibility index (Phi) is 6.18. The number of carbonyl (C=O) groups excluding carboxylic acids is 3. The molecular formula is C23H32O9S. The molecule has 4 bridgehead atoms. The van der Waals surface area contributed by atoms with Crippen molar-refractivity contribution in [3.8, 4) is 0 Å². The van der Waals surface area contributed by atoms with Crippen LogP contribution in [0, 0.1) is 41.4 Å². The van der Waals surface area contributed by atoms with E-state index in [1.807, 2.05) is 0 Å². The molecule has 0 amide bonds. The molecule has 1 aliphatic heterocycles. The van der Waals surface area contributed by atoms with Crippen LogP contribution >= 0.6 is 0 Å². The van der Waals surface area contributed by atoms with Gasteiger partial charge in [-0.3, -0.25) is 18.9 Å². The second-order valence-corrected chi connectivity index (χ2v) is 12.3. The van der Waals surface area contributed by atoms with Gasteiger partial charge in [0, 0.05) is 18.3 Å². The number of hydrogen-bond donors (Lipinski definition) is 1. The maximum absolute atomic E-state index is 12.7. The molecule has 10 heteroatoms. The van der Waals surface area contributed by atoms with Gasteiger partial charge in [0.15, 0.2) is 0 Å². The van der Waals surface area contributed by atoms with Crippen LogP contribution in [0.2, 0.25) is 0 Å². The van der Waals surface area contributed by atoms with Crippen molar-refractivity contribution < 1.29 is 41.6 Å². The summed E-state index contributed by atoms with van der Waals surface area (Å²) in [4.78, 5) is 37.8. The lowest BCUT2D eigenvalue weighted by atomic mass is 9.67. The minimum Gasteiger partial charge on any atom is -0.464 e. The summed E-state index contributed by atoms with van der Waals surface area (Å²) in [7, 11) is -4.26. The summed E-state index contributed by atoms with van der Waals surface area (Å²) in [6, 6.07) is 0. The van der Waals surface area contributed by atoms with E-state index in [0.717, 1.165) is 18.3 Å². The number of hydrogen-bond acceptors (Lipinski definition) is 8. The molecule has 0 radical (unpaired) electrons. The summed E-state index contributed by atoms with van der Waals surface area (Å²) < 4.78 is 46.9. The number of rotatable bonds is 8. The third-order valence-corrected chi connectivity index (χ3v) is 9.34. The van der Waals surface area contributed by atoms with Crippen molar-refractivity contribution in [2.75, 3.05) is 12.4 Å². The van der Waals surface area contributed by atoms with Gasteiger partial charge in [-0.25, -0.2) is 0 Å². The molecule has 1 N–H and O–H groups in total. The van der Waals surface area contributed by atoms with Crippen molar-refractivity contribution >= 4 is 28.0 Å². The maximum Gasteiger partial charge on any atom is 0.310 e. The maximum atomic E-state index is 12.7. The van der Waals surface area contributed by atoms with Crippen LogP contribution in [0.15, 0.2) is 0 Å². The molecule has 0 spiro atoms. The van der Waals surface area contributed by atoms with Gasteiger partial charge >= 0.3 is 17.9 Å². The zero-order valence-corrected chi connectivity index (χ0v) is 19.4. The van der Waals surface area contributed by atoms with Crippen molar-refractivity contribution in [1.29, 1.82) is 0 Å². The van der Waals surface area contributed by atoms with Gasteiger partial charge < -0.3 is 14.2 Å². The predicted octanol–water partition coefficient (Wildman–Crippen LogP) is 2.13. The Bertz CT molecular complexity index is 903. The monoisotopic (exact) mass is 484 g/mol. The first kappa shape index (κ1) is 23.1. The van der Waals surface area contributed by atoms with Crippen LogP contribution < -0.4 is 0 Å². The number of ether oxygens (including phenoxy) is 3. The SMILES string of the molecule is O=C(CCC1CC2CCCC(C2)C1)OC1C2CC3C1OC(=O)C3C2C(=O)OCCS(=O)(=O)O. The van der Waals surface area contributed by atoms with Gasteiger partial charge in [-0.05, 0) is 49.9 Å². The van der Waals surface area contributed by atoms with E-state index in [0.29, 0.717) is 18.8 Å². The van der Waals surface area contributed by atoms with Crippen molar-refractivity contribution in [3.05, 3.63) is 0 Å². The van der Waals surface area contributed by atoms with Gasteiger partial charge in [-0.1, -0.05) is 19.3 Å². The van der Waals surface area contributed by atoms with Crippen LogP contribution in [-0.4, -0.2) is 55.4 Å². The van der Waals surface area contributed by atoms with Crippen molar-refractivity contribution in [2.45, 2.75) is 70.0 Å². The largest absolute Gasteiger partial charge is 0.464 e. The van der Waals surface area contributed by atoms with E-state index in [9.17, 15) is 22.8 Å². The van der Waals surface area contributed by atoms with Gasteiger partial charge in [0.25, 0.3) is 10.1 Å². The van der Waals surface area contributed by atoms with Crippen LogP contribution in [0.1, 0.15) is 57.8 Å². The molecule has 0 aromatic carbocycles. The van der Waals surface area contributed by atoms with Gasteiger partial charge in [0.05, 0.1) is 11.8 Å². The van der Waals surface area contributed by atoms with Gasteiger partial charge in [0.1, 0.15) is 24.6 Å². The summed E-state index contributed by atoms with van der Waals surface area (Å²) in [5, 5.41) is 0. The second-order valence-electron chi connectivity index (χ2n) is 10.7. The Labute approximate surface area is 193 Å². The third kappa shape index (κ3) is 4.65. The fourth-order valence-electron chi connectivity index (χ4n) is 7.45. The summed E-state index contributed by atoms with van der Waals surface area (Å²) in [5.74, 6) is -2.11. The van der Waals surface area contributed by atoms with Crippen LogP contribution in [0.5, 0.6) is 0 Å². The highest BCUT2D eigenvalue weighted by Gasteiger charge is 2.70. The Morgan fingerprint density at radius 1 is 1.06 bits per heavy atom. The van der Waals surface area contributed by atoms with Crippen molar-refractivity contribution in [3.63, 3.8) is 0 Å². The highest BCUT2D eigenvalue weighted by Crippen LogP contribution is 2.59. The average Bonchev–Trinajstić information content (AvgIpc) is 3.35. The van der Waals surface area contributed by atoms with E-state index >= 15 is 0 Å². The molecule has 0 aromatic heterocycles. The second kappa shape index (κ2) is 8.83. The first-order valence-corrected chi connectivity index (χ1v) is 13.8. The predicted molar refractivity (Wildman–Crippen MR) is 113 cm³/mol. The molecule has 184 valence electrons. The van der Waals surface area contributed by atoms with Gasteiger partial charge in [-0.15, -0.1) is 0 Å². The zero-order valence-electron chi connectivity index (χ0n) is 18.6. The number of carbonyl (C=O) groups is 3. The molecule has 4 saturated carbocycles. The summed E-state index contributed by atoms with van der Waals surface area (Å²) in [6.07, 6.45) is 8.13. The first-order chi connectivity index (χ1) is 15.7. The molecule has 5 fully saturated rings. The molecule has 8 unspecified atom stereocenters. The van der Waals surface area contributed by atoms with Gasteiger partial charge in [0.2, 0.25) is 0 Å². The van der Waals surface area contributed by atoms with Crippen LogP contribution in [0.4, 0.5) is 0 Å². The van der Waals surface area contributed by atoms with Crippen molar-refractivity contribution in [2.24, 2.45) is 41.4 Å². The highest BCUT2D eigenvalue weighted by molar-refractivity contribution is 7.85. The summed E-state index contributed by atoms with van der Waals surface area (Å²) in [5.41, 5.74) is 0. The van der Waals surface area contributed by atoms with E-state index in [2.05, 4.69) is 0 Å². The minimum absolute atomic E-state index is 0.197. The fourth-order valence-corrected chi connectivity index (χ4v) is 7.74. The standard InChI is InChI=1S/C23H32O9S/c24-17(5-4-14-9-12-2-1-3-13(8-12)10-14)31-20-15-11-16-19(23(26)32-21(16)20)18(15)22(25)30-6-7-33(27,28)29/h12-16,18-21H,1-11H2,(H,27,28,29). The lowest BCUT2D eigenvalue weighted by Gasteiger charge is -2.39.